The predicted octanol–water partition coefficient (Wildman–Crippen LogP) is 3.61. The van der Waals surface area contributed by atoms with Crippen LogP contribution in [0.5, 0.6) is 5.75 Å². The molecule has 0 amide bonds. The van der Waals surface area contributed by atoms with E-state index in [2.05, 4.69) is 50.4 Å². The second-order valence-corrected chi connectivity index (χ2v) is 6.30. The fourth-order valence-corrected chi connectivity index (χ4v) is 2.85. The van der Waals surface area contributed by atoms with Crippen molar-refractivity contribution in [2.75, 3.05) is 19.7 Å². The molecule has 2 nitrogen and oxygen atoms in total. The molecule has 2 unspecified atom stereocenters. The Morgan fingerprint density at radius 2 is 2.11 bits per heavy atom. The molecule has 1 saturated carbocycles. The molecule has 0 spiro atoms. The summed E-state index contributed by atoms with van der Waals surface area (Å²) in [6.45, 7) is 11.9. The molecule has 1 aromatic rings. The van der Waals surface area contributed by atoms with Crippen LogP contribution in [-0.4, -0.2) is 19.7 Å². The highest BCUT2D eigenvalue weighted by Crippen LogP contribution is 2.55. The van der Waals surface area contributed by atoms with Gasteiger partial charge in [-0.15, -0.1) is 0 Å². The topological polar surface area (TPSA) is 21.3 Å². The monoisotopic (exact) mass is 261 g/mol. The van der Waals surface area contributed by atoms with Gasteiger partial charge in [-0.2, -0.15) is 0 Å². The standard InChI is InChI=1S/C17H27NO/c1-5-19-16-9-7-6-8-15(16)17(4)10-14(17)12-18-11-13(2)3/h6-9,13-14,18H,5,10-12H2,1-4H3. The van der Waals surface area contributed by atoms with Crippen molar-refractivity contribution in [3.05, 3.63) is 29.8 Å². The van der Waals surface area contributed by atoms with Gasteiger partial charge in [0.15, 0.2) is 0 Å². The average Bonchev–Trinajstić information content (AvgIpc) is 3.02. The van der Waals surface area contributed by atoms with Crippen LogP contribution < -0.4 is 10.1 Å². The minimum atomic E-state index is 0.301. The van der Waals surface area contributed by atoms with Gasteiger partial charge >= 0.3 is 0 Å². The van der Waals surface area contributed by atoms with Crippen LogP contribution in [0.25, 0.3) is 0 Å². The molecular weight excluding hydrogens is 234 g/mol. The lowest BCUT2D eigenvalue weighted by atomic mass is 9.94. The van der Waals surface area contributed by atoms with E-state index in [4.69, 9.17) is 4.74 Å². The van der Waals surface area contributed by atoms with E-state index in [1.54, 1.807) is 0 Å². The highest BCUT2D eigenvalue weighted by molar-refractivity contribution is 5.44. The molecule has 0 saturated heterocycles. The van der Waals surface area contributed by atoms with Gasteiger partial charge < -0.3 is 10.1 Å². The van der Waals surface area contributed by atoms with Gasteiger partial charge in [0.1, 0.15) is 5.75 Å². The van der Waals surface area contributed by atoms with Crippen molar-refractivity contribution in [3.8, 4) is 5.75 Å². The molecule has 106 valence electrons. The van der Waals surface area contributed by atoms with Gasteiger partial charge in [0.2, 0.25) is 0 Å². The van der Waals surface area contributed by atoms with Crippen LogP contribution in [-0.2, 0) is 5.41 Å². The average molecular weight is 261 g/mol. The largest absolute Gasteiger partial charge is 0.494 e. The highest BCUT2D eigenvalue weighted by atomic mass is 16.5. The summed E-state index contributed by atoms with van der Waals surface area (Å²) in [6.07, 6.45) is 1.27. The summed E-state index contributed by atoms with van der Waals surface area (Å²) < 4.78 is 5.77. The van der Waals surface area contributed by atoms with E-state index in [0.717, 1.165) is 37.3 Å². The number of hydrogen-bond acceptors (Lipinski definition) is 2. The van der Waals surface area contributed by atoms with Crippen LogP contribution in [0.3, 0.4) is 0 Å². The number of rotatable bonds is 7. The van der Waals surface area contributed by atoms with Crippen molar-refractivity contribution >= 4 is 0 Å². The lowest BCUT2D eigenvalue weighted by Gasteiger charge is -2.17. The fraction of sp³-hybridized carbons (Fsp3) is 0.647. The number of para-hydroxylation sites is 1. The number of ether oxygens (including phenoxy) is 1. The van der Waals surface area contributed by atoms with Crippen molar-refractivity contribution in [1.82, 2.24) is 5.32 Å². The molecule has 0 radical (unpaired) electrons. The minimum absolute atomic E-state index is 0.301. The summed E-state index contributed by atoms with van der Waals surface area (Å²) in [5.74, 6) is 2.53. The maximum absolute atomic E-state index is 5.77. The SMILES string of the molecule is CCOc1ccccc1C1(C)CC1CNCC(C)C. The van der Waals surface area contributed by atoms with Crippen LogP contribution in [0.2, 0.25) is 0 Å². The number of hydrogen-bond donors (Lipinski definition) is 1. The van der Waals surface area contributed by atoms with Gasteiger partial charge in [-0.1, -0.05) is 39.0 Å². The normalized spacial score (nSPS) is 25.6. The summed E-state index contributed by atoms with van der Waals surface area (Å²) in [5.41, 5.74) is 1.68. The molecule has 0 heterocycles. The fourth-order valence-electron chi connectivity index (χ4n) is 2.85. The van der Waals surface area contributed by atoms with Crippen LogP contribution >= 0.6 is 0 Å². The maximum Gasteiger partial charge on any atom is 0.123 e. The Kier molecular flexibility index (Phi) is 4.51. The Morgan fingerprint density at radius 3 is 2.79 bits per heavy atom. The minimum Gasteiger partial charge on any atom is -0.494 e. The van der Waals surface area contributed by atoms with E-state index in [0.29, 0.717) is 5.41 Å². The van der Waals surface area contributed by atoms with Gasteiger partial charge in [-0.3, -0.25) is 0 Å². The molecule has 0 aromatic heterocycles. The van der Waals surface area contributed by atoms with E-state index < -0.39 is 0 Å². The molecule has 2 heteroatoms. The molecule has 1 aliphatic rings. The first-order chi connectivity index (χ1) is 9.08. The van der Waals surface area contributed by atoms with Gasteiger partial charge in [-0.05, 0) is 44.3 Å². The van der Waals surface area contributed by atoms with Crippen molar-refractivity contribution < 1.29 is 4.74 Å². The summed E-state index contributed by atoms with van der Waals surface area (Å²) >= 11 is 0. The summed E-state index contributed by atoms with van der Waals surface area (Å²) in [5, 5.41) is 3.58. The van der Waals surface area contributed by atoms with E-state index in [9.17, 15) is 0 Å². The number of benzene rings is 1. The Balaban J connectivity index is 1.99. The van der Waals surface area contributed by atoms with Gasteiger partial charge in [0.05, 0.1) is 6.61 Å². The van der Waals surface area contributed by atoms with Crippen LogP contribution in [0, 0.1) is 11.8 Å². The summed E-state index contributed by atoms with van der Waals surface area (Å²) in [7, 11) is 0. The molecule has 1 aliphatic carbocycles. The molecule has 2 rings (SSSR count). The summed E-state index contributed by atoms with van der Waals surface area (Å²) in [6, 6.07) is 8.51. The first-order valence-electron chi connectivity index (χ1n) is 7.51. The zero-order valence-corrected chi connectivity index (χ0v) is 12.7. The van der Waals surface area contributed by atoms with Crippen LogP contribution in [0.15, 0.2) is 24.3 Å². The predicted molar refractivity (Wildman–Crippen MR) is 80.8 cm³/mol. The van der Waals surface area contributed by atoms with Crippen LogP contribution in [0.4, 0.5) is 0 Å². The van der Waals surface area contributed by atoms with Gasteiger partial charge in [0.25, 0.3) is 0 Å². The second-order valence-electron chi connectivity index (χ2n) is 6.30. The van der Waals surface area contributed by atoms with Crippen molar-refractivity contribution in [1.29, 1.82) is 0 Å². The Morgan fingerprint density at radius 1 is 1.37 bits per heavy atom. The van der Waals surface area contributed by atoms with Crippen molar-refractivity contribution in [3.63, 3.8) is 0 Å². The third kappa shape index (κ3) is 3.30. The Hall–Kier alpha value is -1.02. The molecule has 0 bridgehead atoms. The van der Waals surface area contributed by atoms with E-state index in [1.807, 2.05) is 6.92 Å². The Labute approximate surface area is 117 Å². The first kappa shape index (κ1) is 14.4. The zero-order valence-electron chi connectivity index (χ0n) is 12.7. The smallest absolute Gasteiger partial charge is 0.123 e. The lowest BCUT2D eigenvalue weighted by molar-refractivity contribution is 0.332. The highest BCUT2D eigenvalue weighted by Gasteiger charge is 2.51. The Bertz CT molecular complexity index is 415. The number of nitrogens with one attached hydrogen (secondary N) is 1. The molecule has 19 heavy (non-hydrogen) atoms. The molecule has 0 aliphatic heterocycles. The van der Waals surface area contributed by atoms with Crippen molar-refractivity contribution in [2.45, 2.75) is 39.5 Å². The van der Waals surface area contributed by atoms with Gasteiger partial charge in [-0.25, -0.2) is 0 Å². The quantitative estimate of drug-likeness (QED) is 0.809. The second kappa shape index (κ2) is 5.96. The van der Waals surface area contributed by atoms with E-state index >= 15 is 0 Å². The van der Waals surface area contributed by atoms with Gasteiger partial charge in [0, 0.05) is 11.0 Å². The lowest BCUT2D eigenvalue weighted by Crippen LogP contribution is -2.24. The van der Waals surface area contributed by atoms with Crippen LogP contribution in [0.1, 0.15) is 39.7 Å². The molecule has 1 aromatic carbocycles. The molecule has 1 N–H and O–H groups in total. The van der Waals surface area contributed by atoms with Crippen molar-refractivity contribution in [2.24, 2.45) is 11.8 Å². The third-order valence-corrected chi connectivity index (χ3v) is 4.16. The van der Waals surface area contributed by atoms with E-state index in [-0.39, 0.29) is 0 Å². The zero-order chi connectivity index (χ0) is 13.9. The first-order valence-corrected chi connectivity index (χ1v) is 7.51. The molecule has 2 atom stereocenters. The van der Waals surface area contributed by atoms with E-state index in [1.165, 1.54) is 12.0 Å². The maximum atomic E-state index is 5.77. The molecule has 1 fully saturated rings. The molecular formula is C17H27NO. The summed E-state index contributed by atoms with van der Waals surface area (Å²) in [4.78, 5) is 0. The third-order valence-electron chi connectivity index (χ3n) is 4.16.